The molecule has 0 fully saturated rings. The Hall–Kier alpha value is -1.15. The lowest BCUT2D eigenvalue weighted by Gasteiger charge is -2.22. The van der Waals surface area contributed by atoms with Crippen LogP contribution in [-0.4, -0.2) is 30.3 Å². The molecule has 2 heteroatoms. The van der Waals surface area contributed by atoms with Gasteiger partial charge in [0.15, 0.2) is 0 Å². The predicted molar refractivity (Wildman–Crippen MR) is 79.4 cm³/mol. The fraction of sp³-hybridized carbons (Fsp3) is 0.588. The number of nitrogens with zero attached hydrogens (tertiary/aromatic N) is 1. The first kappa shape index (κ1) is 14.3. The Morgan fingerprint density at radius 1 is 1.11 bits per heavy atom. The molecular formula is C17H25NO. The summed E-state index contributed by atoms with van der Waals surface area (Å²) in [5.41, 5.74) is 2.76. The van der Waals surface area contributed by atoms with Gasteiger partial charge in [-0.15, -0.1) is 0 Å². The number of ketones is 1. The molecule has 1 heterocycles. The zero-order chi connectivity index (χ0) is 13.9. The van der Waals surface area contributed by atoms with Crippen molar-refractivity contribution < 1.29 is 4.79 Å². The van der Waals surface area contributed by atoms with Crippen LogP contribution in [0.25, 0.3) is 0 Å². The minimum absolute atomic E-state index is 0.200. The summed E-state index contributed by atoms with van der Waals surface area (Å²) in [6.45, 7) is 9.09. The van der Waals surface area contributed by atoms with Gasteiger partial charge >= 0.3 is 0 Å². The Kier molecular flexibility index (Phi) is 4.41. The largest absolute Gasteiger partial charge is 0.302 e. The van der Waals surface area contributed by atoms with Crippen LogP contribution in [0, 0.1) is 5.41 Å². The van der Waals surface area contributed by atoms with Crippen LogP contribution < -0.4 is 0 Å². The second kappa shape index (κ2) is 5.87. The highest BCUT2D eigenvalue weighted by molar-refractivity contribution is 5.83. The molecule has 1 aliphatic heterocycles. The number of carbonyl (C=O) groups is 1. The van der Waals surface area contributed by atoms with Gasteiger partial charge in [-0.1, -0.05) is 45.0 Å². The molecule has 0 N–H and O–H groups in total. The predicted octanol–water partition coefficient (Wildman–Crippen LogP) is 3.09. The number of hydrogen-bond donors (Lipinski definition) is 0. The summed E-state index contributed by atoms with van der Waals surface area (Å²) in [4.78, 5) is 14.4. The fourth-order valence-corrected chi connectivity index (χ4v) is 2.57. The lowest BCUT2D eigenvalue weighted by molar-refractivity contribution is -0.126. The van der Waals surface area contributed by atoms with Gasteiger partial charge in [0.2, 0.25) is 0 Å². The van der Waals surface area contributed by atoms with Gasteiger partial charge in [-0.2, -0.15) is 0 Å². The van der Waals surface area contributed by atoms with Crippen molar-refractivity contribution in [1.82, 2.24) is 4.90 Å². The Bertz CT molecular complexity index is 418. The average molecular weight is 259 g/mol. The Labute approximate surface area is 116 Å². The van der Waals surface area contributed by atoms with Crippen molar-refractivity contribution in [2.24, 2.45) is 5.41 Å². The van der Waals surface area contributed by atoms with Crippen LogP contribution in [-0.2, 0) is 17.6 Å². The van der Waals surface area contributed by atoms with Crippen molar-refractivity contribution in [3.8, 4) is 0 Å². The fourth-order valence-electron chi connectivity index (χ4n) is 2.57. The van der Waals surface area contributed by atoms with Gasteiger partial charge in [-0.25, -0.2) is 0 Å². The van der Waals surface area contributed by atoms with E-state index in [1.807, 2.05) is 20.8 Å². The molecular weight excluding hydrogens is 234 g/mol. The third kappa shape index (κ3) is 3.90. The average Bonchev–Trinajstić information content (AvgIpc) is 2.57. The third-order valence-corrected chi connectivity index (χ3v) is 4.00. The van der Waals surface area contributed by atoms with Crippen LogP contribution >= 0.6 is 0 Å². The molecule has 1 aliphatic rings. The highest BCUT2D eigenvalue weighted by atomic mass is 16.1. The second-order valence-electron chi connectivity index (χ2n) is 6.53. The Morgan fingerprint density at radius 2 is 1.63 bits per heavy atom. The first-order valence-electron chi connectivity index (χ1n) is 7.29. The molecule has 0 saturated carbocycles. The first-order chi connectivity index (χ1) is 8.97. The normalized spacial score (nSPS) is 16.8. The molecule has 0 atom stereocenters. The summed E-state index contributed by atoms with van der Waals surface area (Å²) in [5, 5.41) is 0. The van der Waals surface area contributed by atoms with E-state index in [4.69, 9.17) is 0 Å². The highest BCUT2D eigenvalue weighted by Crippen LogP contribution is 2.19. The van der Waals surface area contributed by atoms with Crippen molar-refractivity contribution in [3.05, 3.63) is 35.4 Å². The zero-order valence-electron chi connectivity index (χ0n) is 12.4. The van der Waals surface area contributed by atoms with Crippen LogP contribution in [0.2, 0.25) is 0 Å². The molecule has 0 saturated heterocycles. The Morgan fingerprint density at radius 3 is 2.11 bits per heavy atom. The first-order valence-corrected chi connectivity index (χ1v) is 7.29. The van der Waals surface area contributed by atoms with Crippen LogP contribution in [0.4, 0.5) is 0 Å². The maximum atomic E-state index is 12.0. The standard InChI is InChI=1S/C17H25NO/c1-17(2,3)16(19)10-13-18-11-8-14-6-4-5-7-15(14)9-12-18/h4-7H,8-13H2,1-3H3. The molecule has 0 radical (unpaired) electrons. The summed E-state index contributed by atoms with van der Waals surface area (Å²) in [6.07, 6.45) is 2.90. The minimum Gasteiger partial charge on any atom is -0.302 e. The van der Waals surface area contributed by atoms with E-state index in [2.05, 4.69) is 29.2 Å². The molecule has 0 bridgehead atoms. The SMILES string of the molecule is CC(C)(C)C(=O)CCN1CCc2ccccc2CC1. The number of carbonyl (C=O) groups excluding carboxylic acids is 1. The van der Waals surface area contributed by atoms with Crippen LogP contribution in [0.1, 0.15) is 38.3 Å². The van der Waals surface area contributed by atoms with Crippen molar-refractivity contribution in [2.75, 3.05) is 19.6 Å². The number of benzene rings is 1. The summed E-state index contributed by atoms with van der Waals surface area (Å²) in [6, 6.07) is 8.72. The molecule has 1 aromatic carbocycles. The third-order valence-electron chi connectivity index (χ3n) is 4.00. The monoisotopic (exact) mass is 259 g/mol. The van der Waals surface area contributed by atoms with Crippen LogP contribution in [0.3, 0.4) is 0 Å². The lowest BCUT2D eigenvalue weighted by atomic mass is 9.89. The van der Waals surface area contributed by atoms with Crippen molar-refractivity contribution in [3.63, 3.8) is 0 Å². The van der Waals surface area contributed by atoms with Gasteiger partial charge in [0.05, 0.1) is 0 Å². The van der Waals surface area contributed by atoms with Gasteiger partial charge in [0.1, 0.15) is 5.78 Å². The number of fused-ring (bicyclic) bond motifs is 1. The van der Waals surface area contributed by atoms with Crippen LogP contribution in [0.15, 0.2) is 24.3 Å². The van der Waals surface area contributed by atoms with Crippen molar-refractivity contribution in [2.45, 2.75) is 40.0 Å². The summed E-state index contributed by atoms with van der Waals surface area (Å²) in [7, 11) is 0. The van der Waals surface area contributed by atoms with Crippen LogP contribution in [0.5, 0.6) is 0 Å². The molecule has 0 aromatic heterocycles. The van der Waals surface area contributed by atoms with E-state index in [1.165, 1.54) is 11.1 Å². The van der Waals surface area contributed by atoms with E-state index in [-0.39, 0.29) is 5.41 Å². The van der Waals surface area contributed by atoms with Gasteiger partial charge in [0.25, 0.3) is 0 Å². The lowest BCUT2D eigenvalue weighted by Crippen LogP contribution is -2.31. The summed E-state index contributed by atoms with van der Waals surface area (Å²) >= 11 is 0. The Balaban J connectivity index is 1.87. The quantitative estimate of drug-likeness (QED) is 0.831. The van der Waals surface area contributed by atoms with E-state index < -0.39 is 0 Å². The second-order valence-corrected chi connectivity index (χ2v) is 6.53. The molecule has 0 aliphatic carbocycles. The molecule has 1 aromatic rings. The van der Waals surface area contributed by atoms with E-state index in [0.717, 1.165) is 32.5 Å². The van der Waals surface area contributed by atoms with Crippen molar-refractivity contribution >= 4 is 5.78 Å². The molecule has 2 nitrogen and oxygen atoms in total. The maximum Gasteiger partial charge on any atom is 0.139 e. The zero-order valence-corrected chi connectivity index (χ0v) is 12.4. The van der Waals surface area contributed by atoms with E-state index in [9.17, 15) is 4.79 Å². The van der Waals surface area contributed by atoms with E-state index in [0.29, 0.717) is 12.2 Å². The molecule has 104 valence electrons. The number of hydrogen-bond acceptors (Lipinski definition) is 2. The summed E-state index contributed by atoms with van der Waals surface area (Å²) in [5.74, 6) is 0.370. The summed E-state index contributed by atoms with van der Waals surface area (Å²) < 4.78 is 0. The van der Waals surface area contributed by atoms with Gasteiger partial charge in [-0.05, 0) is 24.0 Å². The van der Waals surface area contributed by atoms with Crippen molar-refractivity contribution in [1.29, 1.82) is 0 Å². The number of rotatable bonds is 3. The van der Waals surface area contributed by atoms with Gasteiger partial charge in [0, 0.05) is 31.5 Å². The van der Waals surface area contributed by atoms with Gasteiger partial charge < -0.3 is 4.90 Å². The highest BCUT2D eigenvalue weighted by Gasteiger charge is 2.22. The van der Waals surface area contributed by atoms with Gasteiger partial charge in [-0.3, -0.25) is 4.79 Å². The maximum absolute atomic E-state index is 12.0. The van der Waals surface area contributed by atoms with E-state index in [1.54, 1.807) is 0 Å². The topological polar surface area (TPSA) is 20.3 Å². The smallest absolute Gasteiger partial charge is 0.139 e. The molecule has 0 amide bonds. The molecule has 19 heavy (non-hydrogen) atoms. The van der Waals surface area contributed by atoms with E-state index >= 15 is 0 Å². The molecule has 0 spiro atoms. The molecule has 0 unspecified atom stereocenters. The number of Topliss-reactive ketones (excluding diaryl/α,β-unsaturated/α-hetero) is 1. The molecule has 2 rings (SSSR count). The minimum atomic E-state index is -0.200.